The SMILES string of the molecule is CC(C)Cn1cncc1C(C)CN. The first-order valence-corrected chi connectivity index (χ1v) is 4.85. The fourth-order valence-electron chi connectivity index (χ4n) is 1.41. The Morgan fingerprint density at radius 3 is 2.69 bits per heavy atom. The van der Waals surface area contributed by atoms with Crippen molar-refractivity contribution in [2.45, 2.75) is 33.2 Å². The minimum Gasteiger partial charge on any atom is -0.334 e. The summed E-state index contributed by atoms with van der Waals surface area (Å²) in [6, 6.07) is 0. The molecule has 1 heterocycles. The van der Waals surface area contributed by atoms with Crippen molar-refractivity contribution in [3.63, 3.8) is 0 Å². The van der Waals surface area contributed by atoms with Crippen LogP contribution in [0.25, 0.3) is 0 Å². The van der Waals surface area contributed by atoms with E-state index in [2.05, 4.69) is 30.3 Å². The molecule has 0 aliphatic heterocycles. The van der Waals surface area contributed by atoms with E-state index in [4.69, 9.17) is 5.73 Å². The first-order chi connectivity index (χ1) is 6.15. The molecular weight excluding hydrogens is 162 g/mol. The minimum absolute atomic E-state index is 0.404. The van der Waals surface area contributed by atoms with Crippen molar-refractivity contribution in [3.05, 3.63) is 18.2 Å². The Hall–Kier alpha value is -0.830. The highest BCUT2D eigenvalue weighted by atomic mass is 15.0. The zero-order valence-electron chi connectivity index (χ0n) is 8.70. The van der Waals surface area contributed by atoms with Crippen molar-refractivity contribution < 1.29 is 0 Å². The fourth-order valence-corrected chi connectivity index (χ4v) is 1.41. The zero-order chi connectivity index (χ0) is 9.84. The summed E-state index contributed by atoms with van der Waals surface area (Å²) in [5, 5.41) is 0. The van der Waals surface area contributed by atoms with Gasteiger partial charge in [0.15, 0.2) is 0 Å². The summed E-state index contributed by atoms with van der Waals surface area (Å²) in [6.45, 7) is 8.26. The van der Waals surface area contributed by atoms with Gasteiger partial charge in [-0.25, -0.2) is 4.98 Å². The quantitative estimate of drug-likeness (QED) is 0.766. The zero-order valence-corrected chi connectivity index (χ0v) is 8.70. The molecule has 1 aromatic heterocycles. The lowest BCUT2D eigenvalue weighted by Crippen LogP contribution is -2.15. The van der Waals surface area contributed by atoms with Crippen LogP contribution in [0.5, 0.6) is 0 Å². The molecule has 1 unspecified atom stereocenters. The van der Waals surface area contributed by atoms with E-state index in [-0.39, 0.29) is 0 Å². The van der Waals surface area contributed by atoms with Crippen LogP contribution < -0.4 is 5.73 Å². The third-order valence-corrected chi connectivity index (χ3v) is 2.16. The molecule has 2 N–H and O–H groups in total. The van der Waals surface area contributed by atoms with Crippen LogP contribution in [0.4, 0.5) is 0 Å². The predicted octanol–water partition coefficient (Wildman–Crippen LogP) is 1.60. The molecule has 1 atom stereocenters. The maximum absolute atomic E-state index is 5.62. The summed E-state index contributed by atoms with van der Waals surface area (Å²) in [5.41, 5.74) is 6.87. The Balaban J connectivity index is 2.76. The van der Waals surface area contributed by atoms with Crippen LogP contribution in [0.3, 0.4) is 0 Å². The third-order valence-electron chi connectivity index (χ3n) is 2.16. The second-order valence-electron chi connectivity index (χ2n) is 4.00. The van der Waals surface area contributed by atoms with Crippen molar-refractivity contribution in [1.82, 2.24) is 9.55 Å². The number of nitrogens with zero attached hydrogens (tertiary/aromatic N) is 2. The Morgan fingerprint density at radius 1 is 1.46 bits per heavy atom. The van der Waals surface area contributed by atoms with Crippen LogP contribution >= 0.6 is 0 Å². The van der Waals surface area contributed by atoms with E-state index in [0.717, 1.165) is 6.54 Å². The normalized spacial score (nSPS) is 13.6. The Bertz CT molecular complexity index is 252. The average molecular weight is 181 g/mol. The summed E-state index contributed by atoms with van der Waals surface area (Å²) in [5.74, 6) is 1.05. The summed E-state index contributed by atoms with van der Waals surface area (Å²) in [7, 11) is 0. The molecule has 0 radical (unpaired) electrons. The van der Waals surface area contributed by atoms with Gasteiger partial charge in [-0.15, -0.1) is 0 Å². The van der Waals surface area contributed by atoms with Gasteiger partial charge >= 0.3 is 0 Å². The highest BCUT2D eigenvalue weighted by Crippen LogP contribution is 2.14. The molecule has 0 saturated carbocycles. The Labute approximate surface area is 80.0 Å². The molecular formula is C10H19N3. The summed E-state index contributed by atoms with van der Waals surface area (Å²) in [4.78, 5) is 4.15. The highest BCUT2D eigenvalue weighted by Gasteiger charge is 2.09. The van der Waals surface area contributed by atoms with Gasteiger partial charge in [0.2, 0.25) is 0 Å². The van der Waals surface area contributed by atoms with Crippen molar-refractivity contribution in [2.24, 2.45) is 11.7 Å². The second-order valence-corrected chi connectivity index (χ2v) is 4.00. The van der Waals surface area contributed by atoms with E-state index in [1.807, 2.05) is 12.5 Å². The van der Waals surface area contributed by atoms with Crippen LogP contribution in [0.1, 0.15) is 32.4 Å². The molecule has 1 aromatic rings. The standard InChI is InChI=1S/C10H19N3/c1-8(2)6-13-7-12-5-10(13)9(3)4-11/h5,7-9H,4,6,11H2,1-3H3. The minimum atomic E-state index is 0.404. The van der Waals surface area contributed by atoms with Crippen LogP contribution in [-0.4, -0.2) is 16.1 Å². The van der Waals surface area contributed by atoms with Crippen LogP contribution in [-0.2, 0) is 6.54 Å². The lowest BCUT2D eigenvalue weighted by molar-refractivity contribution is 0.499. The molecule has 0 aliphatic carbocycles. The molecule has 0 fully saturated rings. The van der Waals surface area contributed by atoms with E-state index in [0.29, 0.717) is 18.4 Å². The van der Waals surface area contributed by atoms with Gasteiger partial charge in [-0.2, -0.15) is 0 Å². The molecule has 0 spiro atoms. The molecule has 1 rings (SSSR count). The first kappa shape index (κ1) is 10.3. The molecule has 3 heteroatoms. The van der Waals surface area contributed by atoms with E-state index in [1.165, 1.54) is 5.69 Å². The number of hydrogen-bond acceptors (Lipinski definition) is 2. The van der Waals surface area contributed by atoms with E-state index in [1.54, 1.807) is 0 Å². The number of nitrogens with two attached hydrogens (primary N) is 1. The molecule has 0 aromatic carbocycles. The van der Waals surface area contributed by atoms with Crippen molar-refractivity contribution in [2.75, 3.05) is 6.54 Å². The summed E-state index contributed by atoms with van der Waals surface area (Å²) in [6.07, 6.45) is 3.81. The lowest BCUT2D eigenvalue weighted by Gasteiger charge is -2.14. The van der Waals surface area contributed by atoms with Crippen molar-refractivity contribution >= 4 is 0 Å². The Morgan fingerprint density at radius 2 is 2.15 bits per heavy atom. The summed E-state index contributed by atoms with van der Waals surface area (Å²) < 4.78 is 2.20. The average Bonchev–Trinajstić information content (AvgIpc) is 2.50. The van der Waals surface area contributed by atoms with Crippen LogP contribution in [0.15, 0.2) is 12.5 Å². The van der Waals surface area contributed by atoms with E-state index >= 15 is 0 Å². The third kappa shape index (κ3) is 2.56. The Kier molecular flexibility index (Phi) is 3.48. The van der Waals surface area contributed by atoms with Crippen molar-refractivity contribution in [1.29, 1.82) is 0 Å². The second kappa shape index (κ2) is 4.42. The van der Waals surface area contributed by atoms with Gasteiger partial charge in [0.25, 0.3) is 0 Å². The summed E-state index contributed by atoms with van der Waals surface area (Å²) >= 11 is 0. The number of rotatable bonds is 4. The molecule has 3 nitrogen and oxygen atoms in total. The monoisotopic (exact) mass is 181 g/mol. The van der Waals surface area contributed by atoms with Gasteiger partial charge in [-0.1, -0.05) is 20.8 Å². The van der Waals surface area contributed by atoms with Crippen molar-refractivity contribution in [3.8, 4) is 0 Å². The maximum Gasteiger partial charge on any atom is 0.0948 e. The number of aromatic nitrogens is 2. The molecule has 0 saturated heterocycles. The highest BCUT2D eigenvalue weighted by molar-refractivity contribution is 5.05. The smallest absolute Gasteiger partial charge is 0.0948 e. The molecule has 74 valence electrons. The molecule has 0 amide bonds. The first-order valence-electron chi connectivity index (χ1n) is 4.85. The van der Waals surface area contributed by atoms with Gasteiger partial charge in [-0.3, -0.25) is 0 Å². The molecule has 0 bridgehead atoms. The van der Waals surface area contributed by atoms with Crippen LogP contribution in [0.2, 0.25) is 0 Å². The predicted molar refractivity (Wildman–Crippen MR) is 54.5 cm³/mol. The number of hydrogen-bond donors (Lipinski definition) is 1. The lowest BCUT2D eigenvalue weighted by atomic mass is 10.1. The van der Waals surface area contributed by atoms with Gasteiger partial charge in [0.1, 0.15) is 0 Å². The van der Waals surface area contributed by atoms with Gasteiger partial charge in [-0.05, 0) is 5.92 Å². The fraction of sp³-hybridized carbons (Fsp3) is 0.700. The van der Waals surface area contributed by atoms with Gasteiger partial charge < -0.3 is 10.3 Å². The largest absolute Gasteiger partial charge is 0.334 e. The van der Waals surface area contributed by atoms with E-state index < -0.39 is 0 Å². The molecule has 0 aliphatic rings. The van der Waals surface area contributed by atoms with Gasteiger partial charge in [0.05, 0.1) is 6.33 Å². The number of imidazole rings is 1. The van der Waals surface area contributed by atoms with Gasteiger partial charge in [0, 0.05) is 30.9 Å². The topological polar surface area (TPSA) is 43.8 Å². The van der Waals surface area contributed by atoms with Crippen LogP contribution in [0, 0.1) is 5.92 Å². The van der Waals surface area contributed by atoms with E-state index in [9.17, 15) is 0 Å². The molecule has 13 heavy (non-hydrogen) atoms. The maximum atomic E-state index is 5.62.